The largest absolute Gasteiger partial charge is 0.507 e. The first-order valence-corrected chi connectivity index (χ1v) is 3.06. The quantitative estimate of drug-likeness (QED) is 0.639. The normalized spacial score (nSPS) is 8.45. The number of hydrogen-bond acceptors (Lipinski definition) is 3. The molecule has 0 aliphatic heterocycles. The van der Waals surface area contributed by atoms with Gasteiger partial charge in [-0.1, -0.05) is 17.7 Å². The molecule has 0 radical (unpaired) electrons. The second kappa shape index (κ2) is 3.95. The van der Waals surface area contributed by atoms with Crippen molar-refractivity contribution in [3.63, 3.8) is 0 Å². The number of halogens is 1. The molecule has 0 aromatic heterocycles. The molecular formula is C7H8ClNO2. The lowest BCUT2D eigenvalue weighted by atomic mass is 10.2. The fraction of sp³-hybridized carbons (Fsp3) is 0. The Bertz CT molecular complexity index is 242. The van der Waals surface area contributed by atoms with Gasteiger partial charge in [0, 0.05) is 0 Å². The van der Waals surface area contributed by atoms with Crippen LogP contribution in [-0.2, 0) is 0 Å². The van der Waals surface area contributed by atoms with Gasteiger partial charge in [0.25, 0.3) is 0 Å². The average molecular weight is 174 g/mol. The number of carbonyl (C=O) groups is 1. The number of phenolic OH excluding ortho intramolecular Hbond substituents is 1. The molecule has 1 rings (SSSR count). The molecule has 4 heteroatoms. The Kier molecular flexibility index (Phi) is 3.57. The molecule has 0 aliphatic carbocycles. The van der Waals surface area contributed by atoms with Crippen molar-refractivity contribution in [2.45, 2.75) is 0 Å². The molecule has 0 atom stereocenters. The van der Waals surface area contributed by atoms with Gasteiger partial charge in [0.1, 0.15) is 5.75 Å². The van der Waals surface area contributed by atoms with E-state index in [0.717, 1.165) is 0 Å². The van der Waals surface area contributed by atoms with Crippen molar-refractivity contribution in [3.05, 3.63) is 28.8 Å². The molecule has 3 nitrogen and oxygen atoms in total. The molecule has 4 N–H and O–H groups in total. The molecule has 0 saturated heterocycles. The topological polar surface area (TPSA) is 72.3 Å². The molecule has 1 aromatic carbocycles. The van der Waals surface area contributed by atoms with E-state index in [1.807, 2.05) is 0 Å². The summed E-state index contributed by atoms with van der Waals surface area (Å²) in [4.78, 5) is 10.2. The van der Waals surface area contributed by atoms with Crippen LogP contribution in [0.15, 0.2) is 18.2 Å². The van der Waals surface area contributed by atoms with E-state index in [1.165, 1.54) is 6.07 Å². The Balaban J connectivity index is 0.000001000. The highest BCUT2D eigenvalue weighted by Gasteiger charge is 2.02. The molecule has 0 bridgehead atoms. The first-order valence-electron chi connectivity index (χ1n) is 2.68. The standard InChI is InChI=1S/C7H5ClO2.H3N/c8-6-2-1-3-7(10)5(6)4-9;/h1-4,10H;1H3. The number of rotatable bonds is 1. The Morgan fingerprint density at radius 3 is 2.45 bits per heavy atom. The number of aromatic hydroxyl groups is 1. The fourth-order valence-electron chi connectivity index (χ4n) is 0.642. The van der Waals surface area contributed by atoms with E-state index in [2.05, 4.69) is 0 Å². The molecule has 11 heavy (non-hydrogen) atoms. The lowest BCUT2D eigenvalue weighted by Gasteiger charge is -1.96. The van der Waals surface area contributed by atoms with Crippen LogP contribution in [0.2, 0.25) is 5.02 Å². The summed E-state index contributed by atoms with van der Waals surface area (Å²) in [6, 6.07) is 4.53. The zero-order valence-electron chi connectivity index (χ0n) is 5.75. The summed E-state index contributed by atoms with van der Waals surface area (Å²) >= 11 is 5.54. The molecule has 0 heterocycles. The molecule has 0 fully saturated rings. The fourth-order valence-corrected chi connectivity index (χ4v) is 0.856. The third-order valence-electron chi connectivity index (χ3n) is 1.15. The molecule has 0 saturated carbocycles. The predicted octanol–water partition coefficient (Wildman–Crippen LogP) is 2.02. The Hall–Kier alpha value is -1.06. The Labute approximate surface area is 69.2 Å². The SMILES string of the molecule is N.O=Cc1c(O)cccc1Cl. The lowest BCUT2D eigenvalue weighted by molar-refractivity contribution is 0.112. The van der Waals surface area contributed by atoms with Crippen LogP contribution < -0.4 is 6.15 Å². The number of benzene rings is 1. The Morgan fingerprint density at radius 2 is 2.09 bits per heavy atom. The summed E-state index contributed by atoms with van der Waals surface area (Å²) < 4.78 is 0. The van der Waals surface area contributed by atoms with Crippen LogP contribution in [0.3, 0.4) is 0 Å². The van der Waals surface area contributed by atoms with Crippen molar-refractivity contribution in [2.24, 2.45) is 0 Å². The third kappa shape index (κ3) is 1.93. The minimum atomic E-state index is -0.0810. The summed E-state index contributed by atoms with van der Waals surface area (Å²) in [5.41, 5.74) is 0.143. The van der Waals surface area contributed by atoms with E-state index in [1.54, 1.807) is 12.1 Å². The van der Waals surface area contributed by atoms with E-state index in [9.17, 15) is 4.79 Å². The third-order valence-corrected chi connectivity index (χ3v) is 1.48. The van der Waals surface area contributed by atoms with Gasteiger partial charge in [-0.15, -0.1) is 0 Å². The highest BCUT2D eigenvalue weighted by atomic mass is 35.5. The highest BCUT2D eigenvalue weighted by molar-refractivity contribution is 6.33. The van der Waals surface area contributed by atoms with Crippen LogP contribution in [0.1, 0.15) is 10.4 Å². The summed E-state index contributed by atoms with van der Waals surface area (Å²) in [5, 5.41) is 9.25. The lowest BCUT2D eigenvalue weighted by Crippen LogP contribution is -1.81. The van der Waals surface area contributed by atoms with Crippen molar-refractivity contribution in [1.82, 2.24) is 6.15 Å². The number of carbonyl (C=O) groups excluding carboxylic acids is 1. The van der Waals surface area contributed by atoms with Crippen LogP contribution in [0.4, 0.5) is 0 Å². The number of phenols is 1. The summed E-state index contributed by atoms with van der Waals surface area (Å²) in [6.07, 6.45) is 0.525. The van der Waals surface area contributed by atoms with E-state index in [4.69, 9.17) is 16.7 Å². The van der Waals surface area contributed by atoms with Gasteiger partial charge in [-0.25, -0.2) is 0 Å². The minimum Gasteiger partial charge on any atom is -0.507 e. The maximum Gasteiger partial charge on any atom is 0.155 e. The molecule has 0 unspecified atom stereocenters. The second-order valence-electron chi connectivity index (χ2n) is 1.79. The summed E-state index contributed by atoms with van der Waals surface area (Å²) in [6.45, 7) is 0. The van der Waals surface area contributed by atoms with Crippen molar-refractivity contribution in [1.29, 1.82) is 0 Å². The molecule has 60 valence electrons. The van der Waals surface area contributed by atoms with E-state index >= 15 is 0 Å². The first kappa shape index (κ1) is 9.94. The molecule has 0 aliphatic rings. The van der Waals surface area contributed by atoms with Crippen molar-refractivity contribution in [3.8, 4) is 5.75 Å². The van der Waals surface area contributed by atoms with Gasteiger partial charge in [-0.05, 0) is 12.1 Å². The van der Waals surface area contributed by atoms with Gasteiger partial charge < -0.3 is 11.3 Å². The minimum absolute atomic E-state index is 0. The van der Waals surface area contributed by atoms with Gasteiger partial charge in [0.2, 0.25) is 0 Å². The van der Waals surface area contributed by atoms with Crippen LogP contribution in [0, 0.1) is 0 Å². The van der Waals surface area contributed by atoms with Crippen molar-refractivity contribution >= 4 is 17.9 Å². The van der Waals surface area contributed by atoms with Gasteiger partial charge in [-0.3, -0.25) is 4.79 Å². The van der Waals surface area contributed by atoms with E-state index < -0.39 is 0 Å². The van der Waals surface area contributed by atoms with Crippen LogP contribution in [0.25, 0.3) is 0 Å². The van der Waals surface area contributed by atoms with E-state index in [0.29, 0.717) is 6.29 Å². The molecular weight excluding hydrogens is 166 g/mol. The summed E-state index contributed by atoms with van der Waals surface area (Å²) in [5.74, 6) is -0.0810. The maximum atomic E-state index is 10.2. The smallest absolute Gasteiger partial charge is 0.155 e. The first-order chi connectivity index (χ1) is 4.75. The molecule has 1 aromatic rings. The van der Waals surface area contributed by atoms with E-state index in [-0.39, 0.29) is 22.5 Å². The molecule has 0 spiro atoms. The van der Waals surface area contributed by atoms with Crippen LogP contribution in [0.5, 0.6) is 5.75 Å². The second-order valence-corrected chi connectivity index (χ2v) is 2.20. The zero-order valence-corrected chi connectivity index (χ0v) is 6.51. The average Bonchev–Trinajstić information content (AvgIpc) is 1.88. The Morgan fingerprint density at radius 1 is 1.45 bits per heavy atom. The zero-order chi connectivity index (χ0) is 7.56. The number of aldehydes is 1. The number of hydrogen-bond donors (Lipinski definition) is 2. The monoisotopic (exact) mass is 173 g/mol. The van der Waals surface area contributed by atoms with Gasteiger partial charge in [-0.2, -0.15) is 0 Å². The van der Waals surface area contributed by atoms with Gasteiger partial charge >= 0.3 is 0 Å². The van der Waals surface area contributed by atoms with Gasteiger partial charge in [0.15, 0.2) is 6.29 Å². The summed E-state index contributed by atoms with van der Waals surface area (Å²) in [7, 11) is 0. The van der Waals surface area contributed by atoms with Gasteiger partial charge in [0.05, 0.1) is 10.6 Å². The molecule has 0 amide bonds. The van der Waals surface area contributed by atoms with Crippen molar-refractivity contribution in [2.75, 3.05) is 0 Å². The van der Waals surface area contributed by atoms with Crippen LogP contribution >= 0.6 is 11.6 Å². The van der Waals surface area contributed by atoms with Crippen molar-refractivity contribution < 1.29 is 9.90 Å². The maximum absolute atomic E-state index is 10.2. The highest BCUT2D eigenvalue weighted by Crippen LogP contribution is 2.22. The predicted molar refractivity (Wildman–Crippen MR) is 43.5 cm³/mol. The van der Waals surface area contributed by atoms with Crippen LogP contribution in [-0.4, -0.2) is 11.4 Å².